The van der Waals surface area contributed by atoms with Crippen molar-refractivity contribution in [3.8, 4) is 17.2 Å². The number of ether oxygens (including phenoxy) is 4. The molecule has 0 radical (unpaired) electrons. The van der Waals surface area contributed by atoms with Crippen LogP contribution in [0.2, 0.25) is 0 Å². The zero-order valence-corrected chi connectivity index (χ0v) is 14.5. The molecule has 0 fully saturated rings. The van der Waals surface area contributed by atoms with Gasteiger partial charge < -0.3 is 18.9 Å². The minimum absolute atomic E-state index is 0.201. The molecule has 134 valence electrons. The average molecular weight is 354 g/mol. The Morgan fingerprint density at radius 3 is 2.77 bits per heavy atom. The third kappa shape index (κ3) is 3.69. The third-order valence-electron chi connectivity index (χ3n) is 3.73. The Morgan fingerprint density at radius 2 is 2.00 bits per heavy atom. The Bertz CT molecular complexity index is 868. The smallest absolute Gasteiger partial charge is 0.344 e. The molecule has 0 saturated carbocycles. The molecule has 0 N–H and O–H groups in total. The Hall–Kier alpha value is -3.28. The van der Waals surface area contributed by atoms with E-state index in [-0.39, 0.29) is 18.1 Å². The average Bonchev–Trinajstić information content (AvgIpc) is 2.96. The fraction of sp³-hybridized carbons (Fsp3) is 0.200. The van der Waals surface area contributed by atoms with Gasteiger partial charge in [0, 0.05) is 11.6 Å². The number of hydrogen-bond acceptors (Lipinski definition) is 6. The molecule has 6 heteroatoms. The van der Waals surface area contributed by atoms with Crippen LogP contribution < -0.4 is 14.2 Å². The number of benzene rings is 2. The fourth-order valence-corrected chi connectivity index (χ4v) is 2.53. The van der Waals surface area contributed by atoms with Crippen LogP contribution in [0, 0.1) is 0 Å². The highest BCUT2D eigenvalue weighted by Crippen LogP contribution is 2.35. The summed E-state index contributed by atoms with van der Waals surface area (Å²) in [4.78, 5) is 23.9. The highest BCUT2D eigenvalue weighted by molar-refractivity contribution is 6.14. The summed E-state index contributed by atoms with van der Waals surface area (Å²) in [5.41, 5.74) is 1.18. The van der Waals surface area contributed by atoms with Gasteiger partial charge in [-0.25, -0.2) is 4.79 Å². The maximum absolute atomic E-state index is 12.5. The number of rotatable bonds is 6. The molecule has 0 amide bonds. The number of carbonyl (C=O) groups is 2. The summed E-state index contributed by atoms with van der Waals surface area (Å²) in [6.07, 6.45) is 1.64. The summed E-state index contributed by atoms with van der Waals surface area (Å²) in [5.74, 6) is 0.975. The van der Waals surface area contributed by atoms with Gasteiger partial charge in [0.25, 0.3) is 0 Å². The van der Waals surface area contributed by atoms with E-state index in [1.807, 2.05) is 18.2 Å². The second-order valence-electron chi connectivity index (χ2n) is 5.43. The number of para-hydroxylation sites is 1. The minimum Gasteiger partial charge on any atom is -0.496 e. The lowest BCUT2D eigenvalue weighted by Crippen LogP contribution is -2.14. The molecular weight excluding hydrogens is 336 g/mol. The predicted octanol–water partition coefficient (Wildman–Crippen LogP) is 3.25. The van der Waals surface area contributed by atoms with Gasteiger partial charge in [0.05, 0.1) is 19.3 Å². The van der Waals surface area contributed by atoms with E-state index in [4.69, 9.17) is 18.9 Å². The van der Waals surface area contributed by atoms with Crippen LogP contribution in [-0.2, 0) is 9.53 Å². The van der Waals surface area contributed by atoms with Gasteiger partial charge >= 0.3 is 5.97 Å². The van der Waals surface area contributed by atoms with Crippen LogP contribution in [0.3, 0.4) is 0 Å². The first kappa shape index (κ1) is 17.5. The van der Waals surface area contributed by atoms with Crippen molar-refractivity contribution in [1.82, 2.24) is 0 Å². The van der Waals surface area contributed by atoms with E-state index in [0.29, 0.717) is 29.4 Å². The number of ketones is 1. The van der Waals surface area contributed by atoms with Crippen LogP contribution in [0.25, 0.3) is 6.08 Å². The van der Waals surface area contributed by atoms with E-state index < -0.39 is 5.97 Å². The summed E-state index contributed by atoms with van der Waals surface area (Å²) in [6.45, 7) is 1.81. The van der Waals surface area contributed by atoms with Gasteiger partial charge in [-0.3, -0.25) is 4.79 Å². The second-order valence-corrected chi connectivity index (χ2v) is 5.43. The molecule has 0 atom stereocenters. The lowest BCUT2D eigenvalue weighted by atomic mass is 10.1. The van der Waals surface area contributed by atoms with Gasteiger partial charge in [-0.2, -0.15) is 0 Å². The van der Waals surface area contributed by atoms with Crippen LogP contribution in [0.4, 0.5) is 0 Å². The Balaban J connectivity index is 1.78. The molecule has 1 aliphatic heterocycles. The largest absolute Gasteiger partial charge is 0.496 e. The quantitative estimate of drug-likeness (QED) is 0.586. The summed E-state index contributed by atoms with van der Waals surface area (Å²) in [7, 11) is 1.57. The number of methoxy groups -OCH3 is 1. The van der Waals surface area contributed by atoms with Crippen molar-refractivity contribution < 1.29 is 28.5 Å². The predicted molar refractivity (Wildman–Crippen MR) is 94.5 cm³/mol. The maximum Gasteiger partial charge on any atom is 0.344 e. The molecule has 1 aliphatic rings. The zero-order chi connectivity index (χ0) is 18.5. The first-order chi connectivity index (χ1) is 12.6. The number of esters is 1. The second kappa shape index (κ2) is 7.74. The van der Waals surface area contributed by atoms with Crippen molar-refractivity contribution in [1.29, 1.82) is 0 Å². The Labute approximate surface area is 150 Å². The Morgan fingerprint density at radius 1 is 1.19 bits per heavy atom. The minimum atomic E-state index is -0.457. The maximum atomic E-state index is 12.5. The van der Waals surface area contributed by atoms with Crippen LogP contribution in [0.15, 0.2) is 48.2 Å². The normalized spacial score (nSPS) is 13.9. The number of fused-ring (bicyclic) bond motifs is 1. The van der Waals surface area contributed by atoms with Gasteiger partial charge in [0.15, 0.2) is 12.4 Å². The highest BCUT2D eigenvalue weighted by atomic mass is 16.6. The molecule has 6 nitrogen and oxygen atoms in total. The third-order valence-corrected chi connectivity index (χ3v) is 3.73. The first-order valence-corrected chi connectivity index (χ1v) is 8.12. The number of Topliss-reactive ketones (excluding diaryl/α,β-unsaturated/α-hetero) is 1. The molecule has 26 heavy (non-hydrogen) atoms. The van der Waals surface area contributed by atoms with Crippen molar-refractivity contribution in [3.05, 3.63) is 59.4 Å². The van der Waals surface area contributed by atoms with Crippen LogP contribution in [0.5, 0.6) is 17.2 Å². The van der Waals surface area contributed by atoms with Gasteiger partial charge in [-0.15, -0.1) is 0 Å². The van der Waals surface area contributed by atoms with Gasteiger partial charge in [0.2, 0.25) is 5.78 Å². The summed E-state index contributed by atoms with van der Waals surface area (Å²) in [6, 6.07) is 12.1. The number of carbonyl (C=O) groups excluding carboxylic acids is 2. The molecule has 0 saturated heterocycles. The molecule has 0 spiro atoms. The van der Waals surface area contributed by atoms with Crippen LogP contribution in [-0.4, -0.2) is 32.1 Å². The van der Waals surface area contributed by atoms with E-state index in [0.717, 1.165) is 5.56 Å². The van der Waals surface area contributed by atoms with Gasteiger partial charge in [-0.1, -0.05) is 18.2 Å². The summed E-state index contributed by atoms with van der Waals surface area (Å²) in [5, 5.41) is 0. The zero-order valence-electron chi connectivity index (χ0n) is 14.5. The fourth-order valence-electron chi connectivity index (χ4n) is 2.53. The Kier molecular flexibility index (Phi) is 5.22. The molecule has 0 bridgehead atoms. The van der Waals surface area contributed by atoms with Crippen molar-refractivity contribution in [2.24, 2.45) is 0 Å². The van der Waals surface area contributed by atoms with Crippen molar-refractivity contribution in [2.45, 2.75) is 6.92 Å². The van der Waals surface area contributed by atoms with Gasteiger partial charge in [-0.05, 0) is 31.2 Å². The molecule has 3 rings (SSSR count). The lowest BCUT2D eigenvalue weighted by Gasteiger charge is -2.06. The van der Waals surface area contributed by atoms with Crippen molar-refractivity contribution >= 4 is 17.8 Å². The highest BCUT2D eigenvalue weighted by Gasteiger charge is 2.28. The van der Waals surface area contributed by atoms with E-state index in [9.17, 15) is 9.59 Å². The monoisotopic (exact) mass is 354 g/mol. The number of allylic oxidation sites excluding steroid dienone is 1. The van der Waals surface area contributed by atoms with Gasteiger partial charge in [0.1, 0.15) is 17.2 Å². The lowest BCUT2D eigenvalue weighted by molar-refractivity contribution is -0.145. The van der Waals surface area contributed by atoms with Crippen molar-refractivity contribution in [2.75, 3.05) is 20.3 Å². The number of hydrogen-bond donors (Lipinski definition) is 0. The van der Waals surface area contributed by atoms with E-state index >= 15 is 0 Å². The van der Waals surface area contributed by atoms with E-state index in [1.165, 1.54) is 0 Å². The molecule has 0 unspecified atom stereocenters. The SMILES string of the molecule is CCOC(=O)COc1ccc2c(c1)OC(=Cc1ccccc1OC)C2=O. The summed E-state index contributed by atoms with van der Waals surface area (Å²) < 4.78 is 21.1. The van der Waals surface area contributed by atoms with E-state index in [1.54, 1.807) is 44.4 Å². The summed E-state index contributed by atoms with van der Waals surface area (Å²) >= 11 is 0. The molecule has 2 aromatic rings. The standard InChI is InChI=1S/C20H18O6/c1-3-24-19(21)12-25-14-8-9-15-17(11-14)26-18(20(15)22)10-13-6-4-5-7-16(13)23-2/h4-11H,3,12H2,1-2H3. The first-order valence-electron chi connectivity index (χ1n) is 8.12. The van der Waals surface area contributed by atoms with Crippen molar-refractivity contribution in [3.63, 3.8) is 0 Å². The molecular formula is C20H18O6. The molecule has 2 aromatic carbocycles. The molecule has 1 heterocycles. The molecule has 0 aromatic heterocycles. The van der Waals surface area contributed by atoms with Crippen LogP contribution in [0.1, 0.15) is 22.8 Å². The van der Waals surface area contributed by atoms with E-state index in [2.05, 4.69) is 0 Å². The van der Waals surface area contributed by atoms with Crippen LogP contribution >= 0.6 is 0 Å². The molecule has 0 aliphatic carbocycles. The topological polar surface area (TPSA) is 71.1 Å².